The summed E-state index contributed by atoms with van der Waals surface area (Å²) in [6, 6.07) is -0.262. The van der Waals surface area contributed by atoms with Crippen LogP contribution in [0.1, 0.15) is 26.2 Å². The first-order valence-corrected chi connectivity index (χ1v) is 6.49. The van der Waals surface area contributed by atoms with Gasteiger partial charge in [-0.3, -0.25) is 4.79 Å². The zero-order valence-corrected chi connectivity index (χ0v) is 11.5. The molecule has 0 radical (unpaired) electrons. The highest BCUT2D eigenvalue weighted by Crippen LogP contribution is 2.24. The summed E-state index contributed by atoms with van der Waals surface area (Å²) >= 11 is 0. The fourth-order valence-corrected chi connectivity index (χ4v) is 2.62. The molecule has 1 saturated heterocycles. The molecule has 0 spiro atoms. The average Bonchev–Trinajstić information content (AvgIpc) is 2.72. The molecule has 1 heterocycles. The largest absolute Gasteiger partial charge is 0.393 e. The second-order valence-electron chi connectivity index (χ2n) is 5.01. The molecule has 0 aromatic rings. The van der Waals surface area contributed by atoms with E-state index < -0.39 is 0 Å². The van der Waals surface area contributed by atoms with Gasteiger partial charge in [0.05, 0.1) is 18.8 Å². The van der Waals surface area contributed by atoms with Gasteiger partial charge in [-0.15, -0.1) is 12.4 Å². The number of aliphatic hydroxyl groups is 1. The molecule has 0 aromatic carbocycles. The van der Waals surface area contributed by atoms with Crippen LogP contribution >= 0.6 is 12.4 Å². The molecule has 18 heavy (non-hydrogen) atoms. The van der Waals surface area contributed by atoms with Crippen molar-refractivity contribution in [3.63, 3.8) is 0 Å². The Balaban J connectivity index is 0.00000162. The maximum atomic E-state index is 11.9. The molecule has 1 aliphatic carbocycles. The van der Waals surface area contributed by atoms with Gasteiger partial charge in [0, 0.05) is 19.0 Å². The van der Waals surface area contributed by atoms with Gasteiger partial charge in [0.25, 0.3) is 0 Å². The Kier molecular flexibility index (Phi) is 6.35. The lowest BCUT2D eigenvalue weighted by atomic mass is 10.1. The Morgan fingerprint density at radius 3 is 2.89 bits per heavy atom. The first kappa shape index (κ1) is 15.7. The minimum absolute atomic E-state index is 0. The smallest absolute Gasteiger partial charge is 0.239 e. The Morgan fingerprint density at radius 2 is 2.28 bits per heavy atom. The molecule has 5 nitrogen and oxygen atoms in total. The fraction of sp³-hybridized carbons (Fsp3) is 0.917. The molecule has 1 amide bonds. The van der Waals surface area contributed by atoms with Gasteiger partial charge < -0.3 is 20.5 Å². The summed E-state index contributed by atoms with van der Waals surface area (Å²) < 4.78 is 5.43. The molecule has 1 aliphatic heterocycles. The number of aliphatic hydroxyl groups excluding tert-OH is 1. The third-order valence-electron chi connectivity index (χ3n) is 3.76. The molecule has 0 bridgehead atoms. The van der Waals surface area contributed by atoms with Crippen molar-refractivity contribution in [2.24, 2.45) is 5.92 Å². The molecule has 2 rings (SSSR count). The van der Waals surface area contributed by atoms with Gasteiger partial charge in [0.15, 0.2) is 0 Å². The monoisotopic (exact) mass is 278 g/mol. The van der Waals surface area contributed by atoms with Crippen molar-refractivity contribution in [2.45, 2.75) is 44.4 Å². The lowest BCUT2D eigenvalue weighted by Crippen LogP contribution is -2.56. The molecule has 2 fully saturated rings. The van der Waals surface area contributed by atoms with Crippen LogP contribution in [0.25, 0.3) is 0 Å². The van der Waals surface area contributed by atoms with E-state index in [1.807, 2.05) is 6.92 Å². The van der Waals surface area contributed by atoms with Gasteiger partial charge in [0.2, 0.25) is 5.91 Å². The zero-order chi connectivity index (χ0) is 12.3. The quantitative estimate of drug-likeness (QED) is 0.683. The van der Waals surface area contributed by atoms with Crippen molar-refractivity contribution in [2.75, 3.05) is 19.7 Å². The maximum Gasteiger partial charge on any atom is 0.239 e. The summed E-state index contributed by atoms with van der Waals surface area (Å²) in [5, 5.41) is 15.7. The van der Waals surface area contributed by atoms with Gasteiger partial charge in [-0.2, -0.15) is 0 Å². The Hall–Kier alpha value is -0.360. The van der Waals surface area contributed by atoms with Crippen molar-refractivity contribution >= 4 is 18.3 Å². The van der Waals surface area contributed by atoms with E-state index in [9.17, 15) is 9.90 Å². The highest BCUT2D eigenvalue weighted by Gasteiger charge is 2.30. The van der Waals surface area contributed by atoms with Crippen molar-refractivity contribution in [3.05, 3.63) is 0 Å². The normalized spacial score (nSPS) is 35.9. The molecule has 4 atom stereocenters. The molecular formula is C12H23ClN2O3. The van der Waals surface area contributed by atoms with Crippen LogP contribution in [0, 0.1) is 5.92 Å². The number of morpholine rings is 1. The number of nitrogens with one attached hydrogen (secondary N) is 2. The molecule has 3 N–H and O–H groups in total. The van der Waals surface area contributed by atoms with E-state index in [4.69, 9.17) is 4.74 Å². The number of hydrogen-bond acceptors (Lipinski definition) is 4. The number of carbonyl (C=O) groups is 1. The zero-order valence-electron chi connectivity index (χ0n) is 10.7. The summed E-state index contributed by atoms with van der Waals surface area (Å²) in [7, 11) is 0. The summed E-state index contributed by atoms with van der Waals surface area (Å²) in [5.74, 6) is 0.204. The molecule has 106 valence electrons. The Labute approximate surface area is 114 Å². The maximum absolute atomic E-state index is 11.9. The van der Waals surface area contributed by atoms with E-state index in [0.29, 0.717) is 19.7 Å². The van der Waals surface area contributed by atoms with Crippen LogP contribution < -0.4 is 10.6 Å². The number of ether oxygens (including phenoxy) is 1. The van der Waals surface area contributed by atoms with Gasteiger partial charge in [-0.1, -0.05) is 6.42 Å². The topological polar surface area (TPSA) is 70.6 Å². The summed E-state index contributed by atoms with van der Waals surface area (Å²) in [4.78, 5) is 11.9. The highest BCUT2D eigenvalue weighted by molar-refractivity contribution is 5.85. The number of amides is 1. The summed E-state index contributed by atoms with van der Waals surface area (Å²) in [5.41, 5.74) is 0. The van der Waals surface area contributed by atoms with Gasteiger partial charge in [-0.25, -0.2) is 0 Å². The van der Waals surface area contributed by atoms with Gasteiger partial charge >= 0.3 is 0 Å². The minimum Gasteiger partial charge on any atom is -0.393 e. The van der Waals surface area contributed by atoms with Crippen LogP contribution in [-0.4, -0.2) is 49.0 Å². The molecule has 1 saturated carbocycles. The van der Waals surface area contributed by atoms with E-state index in [1.54, 1.807) is 0 Å². The SMILES string of the molecule is C[C@H]1OCCN[C@@H]1C(=O)NCC1CCCC1O.Cl. The fourth-order valence-electron chi connectivity index (χ4n) is 2.62. The number of rotatable bonds is 3. The lowest BCUT2D eigenvalue weighted by Gasteiger charge is -2.29. The van der Waals surface area contributed by atoms with Crippen LogP contribution in [0.5, 0.6) is 0 Å². The first-order chi connectivity index (χ1) is 8.18. The third kappa shape index (κ3) is 3.82. The van der Waals surface area contributed by atoms with Crippen LogP contribution in [0.4, 0.5) is 0 Å². The molecule has 0 aromatic heterocycles. The van der Waals surface area contributed by atoms with Crippen molar-refractivity contribution in [1.82, 2.24) is 10.6 Å². The number of halogens is 1. The molecule has 6 heteroatoms. The van der Waals surface area contributed by atoms with Gasteiger partial charge in [-0.05, 0) is 19.8 Å². The van der Waals surface area contributed by atoms with Crippen molar-refractivity contribution in [1.29, 1.82) is 0 Å². The van der Waals surface area contributed by atoms with Crippen LogP contribution in [0.15, 0.2) is 0 Å². The highest BCUT2D eigenvalue weighted by atomic mass is 35.5. The Morgan fingerprint density at radius 1 is 1.50 bits per heavy atom. The van der Waals surface area contributed by atoms with E-state index in [1.165, 1.54) is 0 Å². The summed E-state index contributed by atoms with van der Waals surface area (Å²) in [6.07, 6.45) is 2.59. The van der Waals surface area contributed by atoms with Gasteiger partial charge in [0.1, 0.15) is 6.04 Å². The van der Waals surface area contributed by atoms with E-state index in [-0.39, 0.29) is 42.5 Å². The van der Waals surface area contributed by atoms with Crippen LogP contribution in [-0.2, 0) is 9.53 Å². The number of carbonyl (C=O) groups excluding carboxylic acids is 1. The second kappa shape index (κ2) is 7.28. The minimum atomic E-state index is -0.262. The number of hydrogen-bond donors (Lipinski definition) is 3. The Bertz CT molecular complexity index is 278. The summed E-state index contributed by atoms with van der Waals surface area (Å²) in [6.45, 7) is 3.85. The second-order valence-corrected chi connectivity index (χ2v) is 5.01. The molecule has 2 unspecified atom stereocenters. The molecule has 2 aliphatic rings. The lowest BCUT2D eigenvalue weighted by molar-refractivity contribution is -0.129. The third-order valence-corrected chi connectivity index (χ3v) is 3.76. The van der Waals surface area contributed by atoms with E-state index in [2.05, 4.69) is 10.6 Å². The predicted molar refractivity (Wildman–Crippen MR) is 70.8 cm³/mol. The standard InChI is InChI=1S/C12H22N2O3.ClH/c1-8-11(13-5-6-17-8)12(16)14-7-9-3-2-4-10(9)15;/h8-11,13,15H,2-7H2,1H3,(H,14,16);1H/t8-,9?,10?,11+;/m1./s1. The van der Waals surface area contributed by atoms with E-state index in [0.717, 1.165) is 19.3 Å². The van der Waals surface area contributed by atoms with E-state index >= 15 is 0 Å². The average molecular weight is 279 g/mol. The van der Waals surface area contributed by atoms with Crippen LogP contribution in [0.2, 0.25) is 0 Å². The van der Waals surface area contributed by atoms with Crippen molar-refractivity contribution in [3.8, 4) is 0 Å². The van der Waals surface area contributed by atoms with Crippen LogP contribution in [0.3, 0.4) is 0 Å². The van der Waals surface area contributed by atoms with Crippen molar-refractivity contribution < 1.29 is 14.6 Å². The molecular weight excluding hydrogens is 256 g/mol. The first-order valence-electron chi connectivity index (χ1n) is 6.49. The predicted octanol–water partition coefficient (Wildman–Crippen LogP) is 0.0623.